The van der Waals surface area contributed by atoms with Gasteiger partial charge < -0.3 is 16.0 Å². The molecular weight excluding hydrogens is 262 g/mol. The molecule has 0 aliphatic rings. The van der Waals surface area contributed by atoms with E-state index < -0.39 is 5.41 Å². The van der Waals surface area contributed by atoms with E-state index in [-0.39, 0.29) is 5.91 Å². The maximum absolute atomic E-state index is 12.3. The lowest BCUT2D eigenvalue weighted by atomic mass is 9.86. The Labute approximate surface area is 119 Å². The summed E-state index contributed by atoms with van der Waals surface area (Å²) in [6, 6.07) is 5.46. The first kappa shape index (κ1) is 15.8. The third-order valence-electron chi connectivity index (χ3n) is 3.46. The first-order valence-electron chi connectivity index (χ1n) is 6.33. The molecule has 0 fully saturated rings. The minimum absolute atomic E-state index is 0.0807. The van der Waals surface area contributed by atoms with Crippen molar-refractivity contribution in [3.05, 3.63) is 23.2 Å². The summed E-state index contributed by atoms with van der Waals surface area (Å²) in [6.45, 7) is 4.13. The van der Waals surface area contributed by atoms with Gasteiger partial charge in [0.1, 0.15) is 0 Å². The molecular formula is C14H22ClN3O. The van der Waals surface area contributed by atoms with E-state index in [9.17, 15) is 4.79 Å². The summed E-state index contributed by atoms with van der Waals surface area (Å²) in [6.07, 6.45) is 0.688. The quantitative estimate of drug-likeness (QED) is 0.873. The Kier molecular flexibility index (Phi) is 5.20. The molecule has 1 aromatic carbocycles. The normalized spacial score (nSPS) is 13.8. The molecule has 0 spiro atoms. The van der Waals surface area contributed by atoms with Crippen molar-refractivity contribution in [1.82, 2.24) is 0 Å². The summed E-state index contributed by atoms with van der Waals surface area (Å²) < 4.78 is 0. The number of nitrogens with one attached hydrogen (secondary N) is 1. The van der Waals surface area contributed by atoms with Crippen LogP contribution in [0, 0.1) is 5.41 Å². The minimum atomic E-state index is -0.564. The highest BCUT2D eigenvalue weighted by molar-refractivity contribution is 6.34. The molecule has 0 radical (unpaired) electrons. The molecule has 0 aromatic heterocycles. The van der Waals surface area contributed by atoms with Crippen LogP contribution in [0.4, 0.5) is 11.4 Å². The van der Waals surface area contributed by atoms with E-state index >= 15 is 0 Å². The zero-order valence-corrected chi connectivity index (χ0v) is 12.7. The highest BCUT2D eigenvalue weighted by atomic mass is 35.5. The number of nitrogens with two attached hydrogens (primary N) is 1. The van der Waals surface area contributed by atoms with Gasteiger partial charge in [-0.15, -0.1) is 0 Å². The number of rotatable bonds is 5. The SMILES string of the molecule is CCC(C)(CN)C(=O)Nc1cccc(Cl)c1N(C)C. The second kappa shape index (κ2) is 6.26. The van der Waals surface area contributed by atoms with Crippen molar-refractivity contribution in [3.63, 3.8) is 0 Å². The third kappa shape index (κ3) is 3.39. The topological polar surface area (TPSA) is 58.4 Å². The monoisotopic (exact) mass is 283 g/mol. The van der Waals surface area contributed by atoms with Crippen LogP contribution in [0.2, 0.25) is 5.02 Å². The zero-order valence-electron chi connectivity index (χ0n) is 12.0. The molecule has 1 rings (SSSR count). The Hall–Kier alpha value is -1.26. The van der Waals surface area contributed by atoms with E-state index in [0.29, 0.717) is 23.7 Å². The van der Waals surface area contributed by atoms with Crippen LogP contribution in [0.15, 0.2) is 18.2 Å². The zero-order chi connectivity index (χ0) is 14.6. The number of carbonyl (C=O) groups excluding carboxylic acids is 1. The lowest BCUT2D eigenvalue weighted by Crippen LogP contribution is -2.39. The lowest BCUT2D eigenvalue weighted by molar-refractivity contribution is -0.124. The van der Waals surface area contributed by atoms with Crippen molar-refractivity contribution in [3.8, 4) is 0 Å². The number of para-hydroxylation sites is 1. The van der Waals surface area contributed by atoms with Gasteiger partial charge in [0.15, 0.2) is 0 Å². The van der Waals surface area contributed by atoms with E-state index in [1.807, 2.05) is 45.0 Å². The van der Waals surface area contributed by atoms with Gasteiger partial charge in [-0.3, -0.25) is 4.79 Å². The minimum Gasteiger partial charge on any atom is -0.375 e. The van der Waals surface area contributed by atoms with Crippen molar-refractivity contribution < 1.29 is 4.79 Å². The van der Waals surface area contributed by atoms with E-state index in [2.05, 4.69) is 5.32 Å². The third-order valence-corrected chi connectivity index (χ3v) is 3.77. The van der Waals surface area contributed by atoms with Gasteiger partial charge in [-0.05, 0) is 25.5 Å². The van der Waals surface area contributed by atoms with Gasteiger partial charge in [0.25, 0.3) is 0 Å². The number of hydrogen-bond acceptors (Lipinski definition) is 3. The second-order valence-electron chi connectivity index (χ2n) is 5.10. The molecule has 106 valence electrons. The van der Waals surface area contributed by atoms with Gasteiger partial charge in [0.2, 0.25) is 5.91 Å². The fourth-order valence-electron chi connectivity index (χ4n) is 1.74. The van der Waals surface area contributed by atoms with Crippen LogP contribution in [0.5, 0.6) is 0 Å². The summed E-state index contributed by atoms with van der Waals surface area (Å²) in [5, 5.41) is 3.54. The Morgan fingerprint density at radius 3 is 2.58 bits per heavy atom. The Bertz CT molecular complexity index is 456. The average Bonchev–Trinajstić information content (AvgIpc) is 2.37. The Morgan fingerprint density at radius 2 is 2.11 bits per heavy atom. The van der Waals surface area contributed by atoms with Crippen LogP contribution in [-0.4, -0.2) is 26.5 Å². The summed E-state index contributed by atoms with van der Waals surface area (Å²) in [5.41, 5.74) is 6.64. The van der Waals surface area contributed by atoms with Crippen molar-refractivity contribution in [2.75, 3.05) is 30.9 Å². The van der Waals surface area contributed by atoms with Gasteiger partial charge in [0, 0.05) is 20.6 Å². The molecule has 0 heterocycles. The molecule has 4 nitrogen and oxygen atoms in total. The molecule has 1 unspecified atom stereocenters. The maximum Gasteiger partial charge on any atom is 0.231 e. The molecule has 5 heteroatoms. The van der Waals surface area contributed by atoms with E-state index in [0.717, 1.165) is 5.69 Å². The molecule has 1 aromatic rings. The number of anilines is 2. The van der Waals surface area contributed by atoms with Gasteiger partial charge >= 0.3 is 0 Å². The predicted molar refractivity (Wildman–Crippen MR) is 81.9 cm³/mol. The molecule has 0 saturated heterocycles. The number of amides is 1. The molecule has 0 aliphatic carbocycles. The van der Waals surface area contributed by atoms with E-state index in [1.54, 1.807) is 6.07 Å². The van der Waals surface area contributed by atoms with E-state index in [1.165, 1.54) is 0 Å². The largest absolute Gasteiger partial charge is 0.375 e. The van der Waals surface area contributed by atoms with Crippen molar-refractivity contribution >= 4 is 28.9 Å². The van der Waals surface area contributed by atoms with Gasteiger partial charge in [-0.25, -0.2) is 0 Å². The summed E-state index contributed by atoms with van der Waals surface area (Å²) >= 11 is 6.17. The van der Waals surface area contributed by atoms with Crippen molar-refractivity contribution in [2.24, 2.45) is 11.1 Å². The van der Waals surface area contributed by atoms with Gasteiger partial charge in [-0.2, -0.15) is 0 Å². The fraction of sp³-hybridized carbons (Fsp3) is 0.500. The van der Waals surface area contributed by atoms with Crippen LogP contribution < -0.4 is 16.0 Å². The number of hydrogen-bond donors (Lipinski definition) is 2. The highest BCUT2D eigenvalue weighted by Crippen LogP contribution is 2.33. The summed E-state index contributed by atoms with van der Waals surface area (Å²) in [7, 11) is 3.78. The fourth-order valence-corrected chi connectivity index (χ4v) is 2.09. The highest BCUT2D eigenvalue weighted by Gasteiger charge is 2.30. The van der Waals surface area contributed by atoms with Crippen LogP contribution in [0.1, 0.15) is 20.3 Å². The molecule has 1 amide bonds. The number of nitrogens with zero attached hydrogens (tertiary/aromatic N) is 1. The number of carbonyl (C=O) groups is 1. The van der Waals surface area contributed by atoms with Crippen molar-refractivity contribution in [2.45, 2.75) is 20.3 Å². The molecule has 0 bridgehead atoms. The standard InChI is InChI=1S/C14H22ClN3O/c1-5-14(2,9-16)13(19)17-11-8-6-7-10(15)12(11)18(3)4/h6-8H,5,9,16H2,1-4H3,(H,17,19). The maximum atomic E-state index is 12.3. The Morgan fingerprint density at radius 1 is 1.47 bits per heavy atom. The van der Waals surface area contributed by atoms with Gasteiger partial charge in [0.05, 0.1) is 21.8 Å². The lowest BCUT2D eigenvalue weighted by Gasteiger charge is -2.27. The van der Waals surface area contributed by atoms with Crippen LogP contribution in [-0.2, 0) is 4.79 Å². The molecule has 1 atom stereocenters. The summed E-state index contributed by atoms with van der Waals surface area (Å²) in [4.78, 5) is 14.2. The molecule has 0 aliphatic heterocycles. The first-order chi connectivity index (χ1) is 8.85. The van der Waals surface area contributed by atoms with Gasteiger partial charge in [-0.1, -0.05) is 24.6 Å². The van der Waals surface area contributed by atoms with Crippen LogP contribution in [0.25, 0.3) is 0 Å². The first-order valence-corrected chi connectivity index (χ1v) is 6.71. The predicted octanol–water partition coefficient (Wildman–Crippen LogP) is 2.72. The second-order valence-corrected chi connectivity index (χ2v) is 5.51. The van der Waals surface area contributed by atoms with Crippen molar-refractivity contribution in [1.29, 1.82) is 0 Å². The Balaban J connectivity index is 3.07. The molecule has 3 N–H and O–H groups in total. The average molecular weight is 284 g/mol. The van der Waals surface area contributed by atoms with Crippen LogP contribution in [0.3, 0.4) is 0 Å². The van der Waals surface area contributed by atoms with Crippen LogP contribution >= 0.6 is 11.6 Å². The molecule has 19 heavy (non-hydrogen) atoms. The number of halogens is 1. The molecule has 0 saturated carbocycles. The number of benzene rings is 1. The smallest absolute Gasteiger partial charge is 0.231 e. The summed E-state index contributed by atoms with van der Waals surface area (Å²) in [5.74, 6) is -0.0807. The van der Waals surface area contributed by atoms with E-state index in [4.69, 9.17) is 17.3 Å².